The number of nitrogens with zero attached hydrogens (tertiary/aromatic N) is 6. The van der Waals surface area contributed by atoms with E-state index in [1.807, 2.05) is 13.0 Å². The Morgan fingerprint density at radius 1 is 0.970 bits per heavy atom. The summed E-state index contributed by atoms with van der Waals surface area (Å²) >= 11 is 1.21. The molecule has 0 saturated heterocycles. The van der Waals surface area contributed by atoms with Crippen molar-refractivity contribution < 1.29 is 4.48 Å². The molecule has 0 atom stereocenters. The molecule has 6 nitrogen and oxygen atoms in total. The molecule has 0 saturated carbocycles. The largest absolute Gasteiger partial charge is 0.372 e. The number of benzene rings is 1. The van der Waals surface area contributed by atoms with Gasteiger partial charge in [-0.25, -0.2) is 0 Å². The van der Waals surface area contributed by atoms with Gasteiger partial charge in [0.15, 0.2) is 5.00 Å². The van der Waals surface area contributed by atoms with Crippen LogP contribution in [0.25, 0.3) is 0 Å². The lowest BCUT2D eigenvalue weighted by Gasteiger charge is -2.36. The van der Waals surface area contributed by atoms with Crippen molar-refractivity contribution >= 4 is 27.7 Å². The van der Waals surface area contributed by atoms with E-state index in [-0.39, 0.29) is 0 Å². The van der Waals surface area contributed by atoms with E-state index >= 15 is 0 Å². The second-order valence-electron chi connectivity index (χ2n) is 8.43. The minimum atomic E-state index is 0.434. The molecule has 1 aromatic carbocycles. The SMILES string of the molecule is CCN(CCCC[N+](CC)(CC)CC)c1ccc(N=Nc2sc(C#N)c(C)c2C#N)c(C)c1. The molecule has 0 bridgehead atoms. The number of quaternary nitrogens is 1. The van der Waals surface area contributed by atoms with Crippen molar-refractivity contribution in [2.75, 3.05) is 44.2 Å². The molecule has 0 fully saturated rings. The van der Waals surface area contributed by atoms with E-state index in [1.54, 1.807) is 6.92 Å². The standard InChI is InChI=1S/C26H37N6S/c1-7-31(15-11-12-16-32(8-2,9-3)10-4)22-13-14-24(20(5)17-22)29-30-26-23(18-27)21(6)25(19-28)33-26/h13-14,17H,7-12,15-16H2,1-6H3/q+1. The highest BCUT2D eigenvalue weighted by molar-refractivity contribution is 7.16. The molecule has 1 heterocycles. The van der Waals surface area contributed by atoms with Crippen molar-refractivity contribution in [2.24, 2.45) is 10.2 Å². The molecule has 0 aliphatic heterocycles. The number of nitriles is 2. The molecule has 7 heteroatoms. The van der Waals surface area contributed by atoms with Gasteiger partial charge in [0, 0.05) is 18.8 Å². The topological polar surface area (TPSA) is 75.5 Å². The molecule has 1 aromatic heterocycles. The predicted octanol–water partition coefficient (Wildman–Crippen LogP) is 7.01. The number of thiophene rings is 1. The summed E-state index contributed by atoms with van der Waals surface area (Å²) in [5.41, 5.74) is 4.13. The summed E-state index contributed by atoms with van der Waals surface area (Å²) in [4.78, 5) is 2.93. The van der Waals surface area contributed by atoms with Gasteiger partial charge >= 0.3 is 0 Å². The summed E-state index contributed by atoms with van der Waals surface area (Å²) in [6.45, 7) is 19.8. The first-order valence-corrected chi connectivity index (χ1v) is 12.8. The number of aryl methyl sites for hydroxylation is 1. The molecule has 33 heavy (non-hydrogen) atoms. The molecule has 0 amide bonds. The molecule has 0 unspecified atom stereocenters. The highest BCUT2D eigenvalue weighted by Gasteiger charge is 2.20. The highest BCUT2D eigenvalue weighted by Crippen LogP contribution is 2.36. The zero-order valence-electron chi connectivity index (χ0n) is 21.0. The molecule has 0 radical (unpaired) electrons. The van der Waals surface area contributed by atoms with Crippen LogP contribution in [0.4, 0.5) is 16.4 Å². The van der Waals surface area contributed by atoms with Crippen molar-refractivity contribution in [2.45, 2.75) is 54.4 Å². The number of anilines is 1. The Bertz CT molecular complexity index is 1030. The molecule has 0 aliphatic rings. The average molecular weight is 466 g/mol. The number of hydrogen-bond donors (Lipinski definition) is 0. The van der Waals surface area contributed by atoms with Crippen LogP contribution in [0.2, 0.25) is 0 Å². The number of azo groups is 1. The van der Waals surface area contributed by atoms with Gasteiger partial charge in [-0.1, -0.05) is 0 Å². The van der Waals surface area contributed by atoms with Crippen LogP contribution in [0.1, 0.15) is 62.1 Å². The Morgan fingerprint density at radius 2 is 1.67 bits per heavy atom. The van der Waals surface area contributed by atoms with Gasteiger partial charge in [-0.05, 0) is 83.7 Å². The molecule has 0 spiro atoms. The fourth-order valence-electron chi connectivity index (χ4n) is 4.22. The van der Waals surface area contributed by atoms with Gasteiger partial charge in [0.25, 0.3) is 0 Å². The summed E-state index contributed by atoms with van der Waals surface area (Å²) in [6.07, 6.45) is 2.42. The van der Waals surface area contributed by atoms with Crippen LogP contribution >= 0.6 is 11.3 Å². The van der Waals surface area contributed by atoms with Crippen LogP contribution in [-0.2, 0) is 0 Å². The maximum atomic E-state index is 9.40. The second-order valence-corrected chi connectivity index (χ2v) is 9.43. The van der Waals surface area contributed by atoms with Gasteiger partial charge in [0.1, 0.15) is 17.0 Å². The second kappa shape index (κ2) is 12.5. The summed E-state index contributed by atoms with van der Waals surface area (Å²) in [7, 11) is 0. The van der Waals surface area contributed by atoms with Gasteiger partial charge in [-0.3, -0.25) is 0 Å². The van der Waals surface area contributed by atoms with Crippen molar-refractivity contribution in [3.8, 4) is 12.1 Å². The lowest BCUT2D eigenvalue weighted by atomic mass is 10.1. The fourth-order valence-corrected chi connectivity index (χ4v) is 5.10. The number of unbranched alkanes of at least 4 members (excludes halogenated alkanes) is 1. The summed E-state index contributed by atoms with van der Waals surface area (Å²) in [5.74, 6) is 0. The average Bonchev–Trinajstić information content (AvgIpc) is 3.15. The lowest BCUT2D eigenvalue weighted by Crippen LogP contribution is -2.48. The smallest absolute Gasteiger partial charge is 0.158 e. The quantitative estimate of drug-likeness (QED) is 0.192. The van der Waals surface area contributed by atoms with E-state index in [2.05, 4.69) is 67.1 Å². The van der Waals surface area contributed by atoms with Crippen LogP contribution in [0.15, 0.2) is 28.4 Å². The first kappa shape index (κ1) is 26.5. The Hall–Kier alpha value is -2.74. The number of rotatable bonds is 12. The molecule has 0 aliphatic carbocycles. The fraction of sp³-hybridized carbons (Fsp3) is 0.538. The first-order chi connectivity index (χ1) is 15.9. The van der Waals surface area contributed by atoms with Gasteiger partial charge in [-0.2, -0.15) is 10.5 Å². The third kappa shape index (κ3) is 6.41. The molecular weight excluding hydrogens is 428 g/mol. The Balaban J connectivity index is 2.07. The molecular formula is C26H37N6S+. The summed E-state index contributed by atoms with van der Waals surface area (Å²) in [5, 5.41) is 27.8. The lowest BCUT2D eigenvalue weighted by molar-refractivity contribution is -0.923. The van der Waals surface area contributed by atoms with Gasteiger partial charge < -0.3 is 9.38 Å². The third-order valence-electron chi connectivity index (χ3n) is 6.84. The molecule has 2 aromatic rings. The zero-order chi connectivity index (χ0) is 24.4. The number of hydrogen-bond acceptors (Lipinski definition) is 6. The van der Waals surface area contributed by atoms with E-state index in [9.17, 15) is 10.5 Å². The van der Waals surface area contributed by atoms with Crippen molar-refractivity contribution in [1.82, 2.24) is 0 Å². The zero-order valence-corrected chi connectivity index (χ0v) is 21.8. The van der Waals surface area contributed by atoms with E-state index in [0.29, 0.717) is 21.0 Å². The molecule has 2 rings (SSSR count). The van der Waals surface area contributed by atoms with E-state index in [1.165, 1.54) is 60.5 Å². The van der Waals surface area contributed by atoms with Crippen LogP contribution in [0.5, 0.6) is 0 Å². The van der Waals surface area contributed by atoms with E-state index in [4.69, 9.17) is 0 Å². The molecule has 176 valence electrons. The maximum absolute atomic E-state index is 9.40. The molecule has 0 N–H and O–H groups in total. The Labute approximate surface area is 203 Å². The maximum Gasteiger partial charge on any atom is 0.158 e. The van der Waals surface area contributed by atoms with Gasteiger partial charge in [0.05, 0.1) is 37.4 Å². The van der Waals surface area contributed by atoms with Crippen LogP contribution in [-0.4, -0.2) is 43.8 Å². The summed E-state index contributed by atoms with van der Waals surface area (Å²) < 4.78 is 1.21. The minimum absolute atomic E-state index is 0.434. The van der Waals surface area contributed by atoms with Crippen molar-refractivity contribution in [3.05, 3.63) is 39.8 Å². The monoisotopic (exact) mass is 465 g/mol. The highest BCUT2D eigenvalue weighted by atomic mass is 32.1. The van der Waals surface area contributed by atoms with Crippen LogP contribution in [0, 0.1) is 36.5 Å². The van der Waals surface area contributed by atoms with E-state index < -0.39 is 0 Å². The Kier molecular flexibility index (Phi) is 10.0. The first-order valence-electron chi connectivity index (χ1n) is 11.9. The van der Waals surface area contributed by atoms with Crippen molar-refractivity contribution in [1.29, 1.82) is 10.5 Å². The third-order valence-corrected chi connectivity index (χ3v) is 7.92. The van der Waals surface area contributed by atoms with Crippen LogP contribution in [0.3, 0.4) is 0 Å². The minimum Gasteiger partial charge on any atom is -0.372 e. The summed E-state index contributed by atoms with van der Waals surface area (Å²) in [6, 6.07) is 10.5. The predicted molar refractivity (Wildman–Crippen MR) is 138 cm³/mol. The Morgan fingerprint density at radius 3 is 2.21 bits per heavy atom. The van der Waals surface area contributed by atoms with Crippen LogP contribution < -0.4 is 4.90 Å². The van der Waals surface area contributed by atoms with Gasteiger partial charge in [0.2, 0.25) is 0 Å². The van der Waals surface area contributed by atoms with Gasteiger partial charge in [-0.15, -0.1) is 21.6 Å². The normalized spacial score (nSPS) is 11.5. The van der Waals surface area contributed by atoms with Crippen molar-refractivity contribution in [3.63, 3.8) is 0 Å². The van der Waals surface area contributed by atoms with E-state index in [0.717, 1.165) is 24.3 Å².